The average molecular weight is 559 g/mol. The predicted octanol–water partition coefficient (Wildman–Crippen LogP) is 3.83. The van der Waals surface area contributed by atoms with E-state index < -0.39 is 23.0 Å². The lowest BCUT2D eigenvalue weighted by atomic mass is 10.0. The Morgan fingerprint density at radius 3 is 2.65 bits per heavy atom. The fourth-order valence-corrected chi connectivity index (χ4v) is 4.61. The van der Waals surface area contributed by atoms with Crippen LogP contribution in [0.4, 0.5) is 29.5 Å². The first kappa shape index (κ1) is 27.4. The number of carbonyl (C=O) groups is 1. The summed E-state index contributed by atoms with van der Waals surface area (Å²) in [4.78, 5) is 24.9. The number of hydrogen-bond donors (Lipinski definition) is 4. The first-order chi connectivity index (χ1) is 17.4. The lowest BCUT2D eigenvalue weighted by Crippen LogP contribution is -2.49. The van der Waals surface area contributed by atoms with Gasteiger partial charge in [0.25, 0.3) is 5.25 Å². The number of urea groups is 1. The molecule has 2 aromatic rings. The standard InChI is InChI=1S/C23H27Cl2F3N8O/c1-35-7-9-36(10-8-35)6-2-5-30-23(25)31-13-14-11-17(24)19(33-20(14)34-23)16-12-15(22(26,27)28)3-4-18(16)32-21(29)37/h3-4,11-13,30H,2,5-10H2,1H3,(H,33,34)(H3,29,32,37). The Balaban J connectivity index is 1.52. The maximum Gasteiger partial charge on any atom is 0.416 e. The van der Waals surface area contributed by atoms with Gasteiger partial charge in [0.2, 0.25) is 0 Å². The lowest BCUT2D eigenvalue weighted by molar-refractivity contribution is -0.137. The molecule has 0 radical (unpaired) electrons. The SMILES string of the molecule is CN1CCN(CCCNC2(Cl)N=Cc3cc(Cl)c(-c4cc(C(F)(F)F)ccc4NC(N)=O)nc3N2)CC1. The van der Waals surface area contributed by atoms with Gasteiger partial charge in [-0.2, -0.15) is 13.2 Å². The van der Waals surface area contributed by atoms with Crippen molar-refractivity contribution >= 4 is 47.0 Å². The second kappa shape index (κ2) is 11.0. The minimum absolute atomic E-state index is 0.00662. The molecule has 1 unspecified atom stereocenters. The van der Waals surface area contributed by atoms with E-state index in [1.807, 2.05) is 0 Å². The van der Waals surface area contributed by atoms with Crippen molar-refractivity contribution in [3.8, 4) is 11.3 Å². The molecule has 0 saturated carbocycles. The van der Waals surface area contributed by atoms with Crippen LogP contribution >= 0.6 is 23.2 Å². The summed E-state index contributed by atoms with van der Waals surface area (Å²) in [6.07, 6.45) is -2.29. The van der Waals surface area contributed by atoms with E-state index in [1.165, 1.54) is 12.3 Å². The van der Waals surface area contributed by atoms with Crippen LogP contribution in [0.3, 0.4) is 0 Å². The average Bonchev–Trinajstić information content (AvgIpc) is 2.82. The van der Waals surface area contributed by atoms with Crippen molar-refractivity contribution in [1.82, 2.24) is 20.1 Å². The third-order valence-electron chi connectivity index (χ3n) is 6.14. The van der Waals surface area contributed by atoms with Crippen molar-refractivity contribution in [3.63, 3.8) is 0 Å². The van der Waals surface area contributed by atoms with E-state index in [2.05, 4.69) is 42.8 Å². The molecule has 0 bridgehead atoms. The van der Waals surface area contributed by atoms with Crippen LogP contribution in [0.25, 0.3) is 11.3 Å². The normalized spacial score (nSPS) is 20.4. The molecule has 1 saturated heterocycles. The molecule has 1 aromatic heterocycles. The summed E-state index contributed by atoms with van der Waals surface area (Å²) in [6.45, 7) is 5.58. The van der Waals surface area contributed by atoms with Crippen molar-refractivity contribution in [2.24, 2.45) is 10.7 Å². The van der Waals surface area contributed by atoms with E-state index in [4.69, 9.17) is 28.9 Å². The van der Waals surface area contributed by atoms with Crippen molar-refractivity contribution in [3.05, 3.63) is 40.4 Å². The first-order valence-electron chi connectivity index (χ1n) is 11.6. The molecule has 37 heavy (non-hydrogen) atoms. The summed E-state index contributed by atoms with van der Waals surface area (Å²) < 4.78 is 40.2. The Morgan fingerprint density at radius 2 is 1.97 bits per heavy atom. The van der Waals surface area contributed by atoms with Crippen molar-refractivity contribution in [2.75, 3.05) is 56.9 Å². The zero-order valence-electron chi connectivity index (χ0n) is 20.0. The number of pyridine rings is 1. The van der Waals surface area contributed by atoms with Crippen LogP contribution in [0, 0.1) is 0 Å². The van der Waals surface area contributed by atoms with Gasteiger partial charge in [0, 0.05) is 50.1 Å². The minimum Gasteiger partial charge on any atom is -0.351 e. The van der Waals surface area contributed by atoms with Crippen LogP contribution < -0.4 is 21.7 Å². The van der Waals surface area contributed by atoms with Gasteiger partial charge in [-0.1, -0.05) is 23.2 Å². The zero-order chi connectivity index (χ0) is 26.8. The third-order valence-corrected chi connectivity index (χ3v) is 6.75. The summed E-state index contributed by atoms with van der Waals surface area (Å²) in [5.74, 6) is 0.262. The number of nitrogens with zero attached hydrogens (tertiary/aromatic N) is 4. The maximum atomic E-state index is 13.4. The highest BCUT2D eigenvalue weighted by atomic mass is 35.5. The number of alkyl halides is 4. The molecular formula is C23H27Cl2F3N8O. The molecule has 5 N–H and O–H groups in total. The van der Waals surface area contributed by atoms with Gasteiger partial charge in [0.1, 0.15) is 5.82 Å². The van der Waals surface area contributed by atoms with Gasteiger partial charge in [-0.15, -0.1) is 0 Å². The number of aliphatic imine (C=N–C) groups is 1. The summed E-state index contributed by atoms with van der Waals surface area (Å²) in [7, 11) is 2.11. The van der Waals surface area contributed by atoms with Crippen molar-refractivity contribution in [1.29, 1.82) is 0 Å². The number of benzene rings is 1. The number of nitrogens with one attached hydrogen (secondary N) is 3. The molecule has 3 heterocycles. The number of fused-ring (bicyclic) bond motifs is 1. The van der Waals surface area contributed by atoms with Crippen LogP contribution in [-0.4, -0.2) is 78.6 Å². The molecule has 1 aromatic carbocycles. The molecule has 1 fully saturated rings. The summed E-state index contributed by atoms with van der Waals surface area (Å²) in [5, 5.41) is 7.13. The Kier molecular flexibility index (Phi) is 8.14. The lowest BCUT2D eigenvalue weighted by Gasteiger charge is -2.33. The third kappa shape index (κ3) is 6.82. The highest BCUT2D eigenvalue weighted by Gasteiger charge is 2.33. The number of halogens is 5. The molecule has 0 aliphatic carbocycles. The molecule has 1 atom stereocenters. The molecular weight excluding hydrogens is 532 g/mol. The maximum absolute atomic E-state index is 13.4. The van der Waals surface area contributed by atoms with Gasteiger partial charge in [0.15, 0.2) is 0 Å². The number of nitrogens with two attached hydrogens (primary N) is 1. The van der Waals surface area contributed by atoms with E-state index in [0.29, 0.717) is 12.1 Å². The number of aromatic nitrogens is 1. The Labute approximate surface area is 222 Å². The van der Waals surface area contributed by atoms with E-state index in [9.17, 15) is 18.0 Å². The molecule has 2 amide bonds. The molecule has 2 aliphatic heterocycles. The van der Waals surface area contributed by atoms with Gasteiger partial charge in [-0.3, -0.25) is 5.32 Å². The van der Waals surface area contributed by atoms with E-state index >= 15 is 0 Å². The summed E-state index contributed by atoms with van der Waals surface area (Å²) in [6, 6.07) is 3.35. The highest BCUT2D eigenvalue weighted by Crippen LogP contribution is 2.39. The zero-order valence-corrected chi connectivity index (χ0v) is 21.5. The molecule has 0 spiro atoms. The number of hydrogen-bond acceptors (Lipinski definition) is 7. The largest absolute Gasteiger partial charge is 0.416 e. The second-order valence-electron chi connectivity index (χ2n) is 8.93. The number of anilines is 2. The fraction of sp³-hybridized carbons (Fsp3) is 0.435. The number of rotatable bonds is 7. The van der Waals surface area contributed by atoms with Crippen molar-refractivity contribution in [2.45, 2.75) is 17.8 Å². The smallest absolute Gasteiger partial charge is 0.351 e. The van der Waals surface area contributed by atoms with E-state index in [0.717, 1.165) is 57.3 Å². The molecule has 200 valence electrons. The van der Waals surface area contributed by atoms with Crippen LogP contribution in [0.1, 0.15) is 17.5 Å². The number of amides is 2. The topological polar surface area (TPSA) is 111 Å². The molecule has 4 rings (SSSR count). The van der Waals surface area contributed by atoms with Crippen molar-refractivity contribution < 1.29 is 18.0 Å². The van der Waals surface area contributed by atoms with Crippen LogP contribution in [0.15, 0.2) is 29.3 Å². The van der Waals surface area contributed by atoms with Crippen LogP contribution in [0.2, 0.25) is 5.02 Å². The molecule has 9 nitrogen and oxygen atoms in total. The predicted molar refractivity (Wildman–Crippen MR) is 139 cm³/mol. The van der Waals surface area contributed by atoms with Crippen LogP contribution in [-0.2, 0) is 6.18 Å². The Morgan fingerprint density at radius 1 is 1.24 bits per heavy atom. The monoisotopic (exact) mass is 558 g/mol. The summed E-state index contributed by atoms with van der Waals surface area (Å²) in [5.41, 5.74) is 4.75. The highest BCUT2D eigenvalue weighted by molar-refractivity contribution is 6.34. The summed E-state index contributed by atoms with van der Waals surface area (Å²) >= 11 is 13.0. The Bertz CT molecular complexity index is 1190. The first-order valence-corrected chi connectivity index (χ1v) is 12.4. The number of likely N-dealkylation sites (N-methyl/N-ethyl adjacent to an activating group) is 1. The quantitative estimate of drug-likeness (QED) is 0.233. The van der Waals surface area contributed by atoms with Gasteiger partial charge >= 0.3 is 12.2 Å². The molecule has 14 heteroatoms. The van der Waals surface area contributed by atoms with E-state index in [1.54, 1.807) is 0 Å². The Hall–Kier alpha value is -2.64. The fourth-order valence-electron chi connectivity index (χ4n) is 4.11. The number of piperazine rings is 1. The van der Waals surface area contributed by atoms with E-state index in [-0.39, 0.29) is 27.8 Å². The molecule has 2 aliphatic rings. The second-order valence-corrected chi connectivity index (χ2v) is 9.89. The van der Waals surface area contributed by atoms with Gasteiger partial charge < -0.3 is 26.2 Å². The van der Waals surface area contributed by atoms with Crippen LogP contribution in [0.5, 0.6) is 0 Å². The number of primary amides is 1. The number of carbonyl (C=O) groups excluding carboxylic acids is 1. The minimum atomic E-state index is -4.62. The van der Waals surface area contributed by atoms with Gasteiger partial charge in [0.05, 0.1) is 22.0 Å². The van der Waals surface area contributed by atoms with Gasteiger partial charge in [-0.25, -0.2) is 14.8 Å². The van der Waals surface area contributed by atoms with Gasteiger partial charge in [-0.05, 0) is 44.3 Å².